The van der Waals surface area contributed by atoms with Gasteiger partial charge in [0.2, 0.25) is 11.8 Å². The van der Waals surface area contributed by atoms with Gasteiger partial charge >= 0.3 is 6.03 Å². The number of anilines is 1. The summed E-state index contributed by atoms with van der Waals surface area (Å²) < 4.78 is 5.35. The largest absolute Gasteiger partial charge is 0.396 e. The molecular formula is C27H41N5O6S. The van der Waals surface area contributed by atoms with Gasteiger partial charge in [0.1, 0.15) is 0 Å². The molecule has 0 spiro atoms. The first-order valence-corrected chi connectivity index (χ1v) is 14.9. The van der Waals surface area contributed by atoms with Gasteiger partial charge in [-0.2, -0.15) is 0 Å². The number of urea groups is 1. The van der Waals surface area contributed by atoms with E-state index in [9.17, 15) is 24.6 Å². The van der Waals surface area contributed by atoms with E-state index in [1.807, 2.05) is 11.8 Å². The maximum atomic E-state index is 13.7. The van der Waals surface area contributed by atoms with Gasteiger partial charge in [0.15, 0.2) is 5.13 Å². The molecule has 0 bridgehead atoms. The number of rotatable bonds is 5. The fourth-order valence-electron chi connectivity index (χ4n) is 7.35. The maximum Gasteiger partial charge on any atom is 0.323 e. The Bertz CT molecular complexity index is 1100. The number of nitrogens with one attached hydrogen (secondary N) is 1. The van der Waals surface area contributed by atoms with E-state index in [0.717, 1.165) is 10.6 Å². The Labute approximate surface area is 233 Å². The van der Waals surface area contributed by atoms with Crippen LogP contribution in [0.25, 0.3) is 0 Å². The first kappa shape index (κ1) is 28.3. The number of hydrogen-bond acceptors (Lipinski definition) is 8. The van der Waals surface area contributed by atoms with Crippen LogP contribution in [0.3, 0.4) is 0 Å². The third kappa shape index (κ3) is 5.16. The molecule has 3 heterocycles. The third-order valence-electron chi connectivity index (χ3n) is 10.0. The van der Waals surface area contributed by atoms with Gasteiger partial charge in [-0.3, -0.25) is 14.9 Å². The van der Waals surface area contributed by atoms with E-state index in [1.165, 1.54) is 11.3 Å². The molecule has 39 heavy (non-hydrogen) atoms. The van der Waals surface area contributed by atoms with Crippen molar-refractivity contribution in [3.8, 4) is 0 Å². The summed E-state index contributed by atoms with van der Waals surface area (Å²) in [5.74, 6) is -0.783. The Balaban J connectivity index is 1.43. The minimum atomic E-state index is -0.715. The number of likely N-dealkylation sites (tertiary alicyclic amines) is 1. The molecular weight excluding hydrogens is 522 g/mol. The Hall–Kier alpha value is -2.28. The minimum Gasteiger partial charge on any atom is -0.396 e. The van der Waals surface area contributed by atoms with Crippen molar-refractivity contribution in [3.05, 3.63) is 10.6 Å². The van der Waals surface area contributed by atoms with Crippen molar-refractivity contribution in [1.29, 1.82) is 0 Å². The molecule has 2 saturated heterocycles. The van der Waals surface area contributed by atoms with Crippen molar-refractivity contribution in [3.63, 3.8) is 0 Å². The van der Waals surface area contributed by atoms with E-state index in [4.69, 9.17) is 15.5 Å². The van der Waals surface area contributed by atoms with Crippen LogP contribution in [0.15, 0.2) is 0 Å². The molecule has 0 radical (unpaired) electrons. The van der Waals surface area contributed by atoms with E-state index in [-0.39, 0.29) is 54.0 Å². The predicted molar refractivity (Wildman–Crippen MR) is 145 cm³/mol. The zero-order valence-corrected chi connectivity index (χ0v) is 23.7. The van der Waals surface area contributed by atoms with Crippen LogP contribution in [-0.4, -0.2) is 94.9 Å². The number of morpholine rings is 1. The number of nitrogens with two attached hydrogens (primary N) is 1. The van der Waals surface area contributed by atoms with Gasteiger partial charge in [0.05, 0.1) is 31.6 Å². The number of aliphatic hydroxyl groups is 2. The number of piperidine rings is 1. The van der Waals surface area contributed by atoms with Crippen LogP contribution < -0.4 is 11.1 Å². The van der Waals surface area contributed by atoms with Crippen molar-refractivity contribution in [1.82, 2.24) is 14.8 Å². The monoisotopic (exact) mass is 563 g/mol. The van der Waals surface area contributed by atoms with Crippen LogP contribution in [0.2, 0.25) is 0 Å². The third-order valence-corrected chi connectivity index (χ3v) is 11.0. The number of carbonyl (C=O) groups excluding carboxylic acids is 3. The lowest BCUT2D eigenvalue weighted by molar-refractivity contribution is -0.148. The topological polar surface area (TPSA) is 158 Å². The van der Waals surface area contributed by atoms with Crippen LogP contribution >= 0.6 is 11.3 Å². The molecule has 1 aromatic heterocycles. The van der Waals surface area contributed by atoms with Crippen molar-refractivity contribution in [2.45, 2.75) is 64.4 Å². The van der Waals surface area contributed by atoms with Crippen LogP contribution in [0.5, 0.6) is 0 Å². The summed E-state index contributed by atoms with van der Waals surface area (Å²) >= 11 is 1.42. The van der Waals surface area contributed by atoms with Crippen molar-refractivity contribution >= 4 is 34.3 Å². The van der Waals surface area contributed by atoms with E-state index < -0.39 is 11.5 Å². The zero-order valence-electron chi connectivity index (χ0n) is 22.9. The van der Waals surface area contributed by atoms with Crippen molar-refractivity contribution in [2.24, 2.45) is 28.4 Å². The van der Waals surface area contributed by atoms with Crippen LogP contribution in [-0.2, 0) is 20.7 Å². The van der Waals surface area contributed by atoms with E-state index in [0.29, 0.717) is 76.6 Å². The van der Waals surface area contributed by atoms with Crippen LogP contribution in [0, 0.1) is 22.7 Å². The van der Waals surface area contributed by atoms with Gasteiger partial charge in [-0.05, 0) is 43.4 Å². The Morgan fingerprint density at radius 3 is 2.46 bits per heavy atom. The molecule has 4 aliphatic rings. The van der Waals surface area contributed by atoms with E-state index in [2.05, 4.69) is 12.2 Å². The van der Waals surface area contributed by atoms with Gasteiger partial charge in [-0.1, -0.05) is 13.8 Å². The molecule has 1 aromatic rings. The molecule has 4 amide bonds. The molecule has 5 rings (SSSR count). The lowest BCUT2D eigenvalue weighted by atomic mass is 9.47. The normalized spacial score (nSPS) is 33.3. The number of hydrogen-bond donors (Lipinski definition) is 4. The summed E-state index contributed by atoms with van der Waals surface area (Å²) in [6.45, 7) is 7.01. The maximum absolute atomic E-state index is 13.7. The molecule has 5 N–H and O–H groups in total. The average Bonchev–Trinajstić information content (AvgIpc) is 3.34. The number of aromatic nitrogens is 1. The second kappa shape index (κ2) is 10.9. The summed E-state index contributed by atoms with van der Waals surface area (Å²) in [6, 6.07) is -0.214. The molecule has 2 aliphatic heterocycles. The highest BCUT2D eigenvalue weighted by Crippen LogP contribution is 2.63. The predicted octanol–water partition coefficient (Wildman–Crippen LogP) is 1.54. The number of thiazole rings is 1. The number of ether oxygens (including phenoxy) is 1. The molecule has 1 saturated carbocycles. The van der Waals surface area contributed by atoms with Gasteiger partial charge in [0.25, 0.3) is 0 Å². The molecule has 5 unspecified atom stereocenters. The molecule has 11 nitrogen and oxygen atoms in total. The lowest BCUT2D eigenvalue weighted by Crippen LogP contribution is -2.58. The molecule has 0 aromatic carbocycles. The SMILES string of the molecule is CC1(CO)C(O)CCC2(C)C(CC(=O)N3CCC(C(N)=O)CC3)c3nc(NC(=O)N4CCOCC4)sc3CC12. The van der Waals surface area contributed by atoms with Crippen molar-refractivity contribution < 1.29 is 29.3 Å². The minimum absolute atomic E-state index is 0.0134. The highest BCUT2D eigenvalue weighted by atomic mass is 32.1. The summed E-state index contributed by atoms with van der Waals surface area (Å²) in [7, 11) is 0. The zero-order chi connectivity index (χ0) is 27.9. The smallest absolute Gasteiger partial charge is 0.323 e. The molecule has 5 atom stereocenters. The number of fused-ring (bicyclic) bond motifs is 2. The van der Waals surface area contributed by atoms with Crippen LogP contribution in [0.4, 0.5) is 9.93 Å². The highest BCUT2D eigenvalue weighted by Gasteiger charge is 2.59. The number of aliphatic hydroxyl groups excluding tert-OH is 2. The van der Waals surface area contributed by atoms with Gasteiger partial charge in [-0.25, -0.2) is 9.78 Å². The van der Waals surface area contributed by atoms with Crippen LogP contribution in [0.1, 0.15) is 62.4 Å². The fourth-order valence-corrected chi connectivity index (χ4v) is 8.41. The summed E-state index contributed by atoms with van der Waals surface area (Å²) in [4.78, 5) is 47.6. The molecule has 2 aliphatic carbocycles. The number of primary amides is 1. The quantitative estimate of drug-likeness (QED) is 0.423. The van der Waals surface area contributed by atoms with Gasteiger partial charge in [0, 0.05) is 54.7 Å². The molecule has 12 heteroatoms. The van der Waals surface area contributed by atoms with Gasteiger partial charge in [-0.15, -0.1) is 11.3 Å². The number of carbonyl (C=O) groups is 3. The Kier molecular flexibility index (Phi) is 7.93. The standard InChI is InChI=1S/C27H41N5O6S/c1-26-6-3-20(34)27(2,15-33)19(26)14-18-22(29-24(39-18)30-25(37)32-9-11-38-12-10-32)17(26)13-21(35)31-7-4-16(5-8-31)23(28)36/h16-17,19-20,33-34H,3-15H2,1-2H3,(H2,28,36)(H,29,30,37). The lowest BCUT2D eigenvalue weighted by Gasteiger charge is -2.58. The number of nitrogens with zero attached hydrogens (tertiary/aromatic N) is 3. The average molecular weight is 564 g/mol. The molecule has 3 fully saturated rings. The van der Waals surface area contributed by atoms with E-state index >= 15 is 0 Å². The van der Waals surface area contributed by atoms with Gasteiger partial charge < -0.3 is 30.5 Å². The first-order valence-electron chi connectivity index (χ1n) is 14.1. The fraction of sp³-hybridized carbons (Fsp3) is 0.778. The summed E-state index contributed by atoms with van der Waals surface area (Å²) in [5.41, 5.74) is 5.24. The Morgan fingerprint density at radius 1 is 1.13 bits per heavy atom. The molecule has 216 valence electrons. The number of amides is 4. The second-order valence-electron chi connectivity index (χ2n) is 12.2. The van der Waals surface area contributed by atoms with Crippen molar-refractivity contribution in [2.75, 3.05) is 51.3 Å². The second-order valence-corrected chi connectivity index (χ2v) is 13.2. The first-order chi connectivity index (χ1) is 18.6. The van der Waals surface area contributed by atoms with E-state index in [1.54, 1.807) is 4.90 Å². The highest BCUT2D eigenvalue weighted by molar-refractivity contribution is 7.15. The summed E-state index contributed by atoms with van der Waals surface area (Å²) in [6.07, 6.45) is 2.63. The Morgan fingerprint density at radius 2 is 1.82 bits per heavy atom. The summed E-state index contributed by atoms with van der Waals surface area (Å²) in [5, 5.41) is 24.9.